The predicted molar refractivity (Wildman–Crippen MR) is 255 cm³/mol. The molecule has 12 aromatic rings. The average Bonchev–Trinajstić information content (AvgIpc) is 3.70. The van der Waals surface area contributed by atoms with E-state index < -0.39 is 0 Å². The lowest BCUT2D eigenvalue weighted by Gasteiger charge is -2.27. The Hall–Kier alpha value is -7.94. The second-order valence-electron chi connectivity index (χ2n) is 15.6. The minimum absolute atomic E-state index is 0.850. The van der Waals surface area contributed by atoms with Gasteiger partial charge in [0.15, 0.2) is 0 Å². The molecule has 0 fully saturated rings. The summed E-state index contributed by atoms with van der Waals surface area (Å²) in [4.78, 5) is 2.42. The largest absolute Gasteiger partial charge is 0.455 e. The summed E-state index contributed by atoms with van der Waals surface area (Å²) in [6.45, 7) is 0. The van der Waals surface area contributed by atoms with Crippen LogP contribution in [0.5, 0.6) is 0 Å². The maximum Gasteiger partial charge on any atom is 0.143 e. The molecule has 0 unspecified atom stereocenters. The highest BCUT2D eigenvalue weighted by Crippen LogP contribution is 2.48. The summed E-state index contributed by atoms with van der Waals surface area (Å²) >= 11 is 0. The van der Waals surface area contributed by atoms with E-state index in [1.807, 2.05) is 0 Å². The monoisotopic (exact) mass is 763 g/mol. The van der Waals surface area contributed by atoms with Crippen LogP contribution in [0.3, 0.4) is 0 Å². The first-order valence-corrected chi connectivity index (χ1v) is 20.6. The molecule has 0 aliphatic rings. The number of furan rings is 1. The molecule has 0 amide bonds. The van der Waals surface area contributed by atoms with E-state index in [4.69, 9.17) is 4.42 Å². The van der Waals surface area contributed by atoms with E-state index in [0.29, 0.717) is 0 Å². The van der Waals surface area contributed by atoms with Crippen molar-refractivity contribution in [1.82, 2.24) is 0 Å². The van der Waals surface area contributed by atoms with Gasteiger partial charge in [-0.3, -0.25) is 0 Å². The third-order valence-corrected chi connectivity index (χ3v) is 12.2. The molecule has 0 saturated carbocycles. The second kappa shape index (κ2) is 13.9. The maximum atomic E-state index is 7.05. The number of benzene rings is 11. The predicted octanol–water partition coefficient (Wildman–Crippen LogP) is 16.7. The second-order valence-corrected chi connectivity index (χ2v) is 15.6. The van der Waals surface area contributed by atoms with Gasteiger partial charge in [0.05, 0.1) is 11.1 Å². The lowest BCUT2D eigenvalue weighted by Crippen LogP contribution is -2.10. The molecule has 0 aliphatic heterocycles. The van der Waals surface area contributed by atoms with Crippen molar-refractivity contribution in [3.8, 4) is 33.4 Å². The quantitative estimate of drug-likeness (QED) is 0.157. The van der Waals surface area contributed by atoms with Gasteiger partial charge in [-0.1, -0.05) is 182 Å². The van der Waals surface area contributed by atoms with Crippen molar-refractivity contribution in [2.75, 3.05) is 4.90 Å². The zero-order chi connectivity index (χ0) is 39.6. The third-order valence-electron chi connectivity index (χ3n) is 12.2. The zero-order valence-electron chi connectivity index (χ0n) is 32.7. The molecule has 2 nitrogen and oxygen atoms in total. The van der Waals surface area contributed by atoms with Crippen molar-refractivity contribution in [3.63, 3.8) is 0 Å². The molecule has 60 heavy (non-hydrogen) atoms. The van der Waals surface area contributed by atoms with Gasteiger partial charge >= 0.3 is 0 Å². The summed E-state index contributed by atoms with van der Waals surface area (Å²) in [5.41, 5.74) is 11.9. The molecule has 0 atom stereocenters. The Kier molecular flexibility index (Phi) is 7.89. The molecule has 0 spiro atoms. The molecule has 0 saturated heterocycles. The van der Waals surface area contributed by atoms with Crippen molar-refractivity contribution < 1.29 is 4.42 Å². The average molecular weight is 764 g/mol. The Morgan fingerprint density at radius 2 is 0.783 bits per heavy atom. The van der Waals surface area contributed by atoms with Gasteiger partial charge in [0.1, 0.15) is 11.2 Å². The van der Waals surface area contributed by atoms with Gasteiger partial charge in [-0.15, -0.1) is 0 Å². The Morgan fingerprint density at radius 1 is 0.300 bits per heavy atom. The van der Waals surface area contributed by atoms with Crippen molar-refractivity contribution in [1.29, 1.82) is 0 Å². The summed E-state index contributed by atoms with van der Waals surface area (Å²) in [7, 11) is 0. The summed E-state index contributed by atoms with van der Waals surface area (Å²) in [6.07, 6.45) is 0. The van der Waals surface area contributed by atoms with Crippen LogP contribution in [0, 0.1) is 0 Å². The topological polar surface area (TPSA) is 16.4 Å². The lowest BCUT2D eigenvalue weighted by molar-refractivity contribution is 0.670. The molecule has 0 bridgehead atoms. The summed E-state index contributed by atoms with van der Waals surface area (Å²) in [5.74, 6) is 0. The van der Waals surface area contributed by atoms with E-state index in [9.17, 15) is 0 Å². The fourth-order valence-electron chi connectivity index (χ4n) is 9.43. The van der Waals surface area contributed by atoms with E-state index in [1.54, 1.807) is 0 Å². The Morgan fingerprint density at radius 3 is 1.42 bits per heavy atom. The molecule has 1 heterocycles. The molecule has 0 N–H and O–H groups in total. The van der Waals surface area contributed by atoms with Crippen molar-refractivity contribution >= 4 is 82.1 Å². The summed E-state index contributed by atoms with van der Waals surface area (Å²) in [6, 6.07) is 81.1. The Balaban J connectivity index is 1.12. The molecule has 0 aliphatic carbocycles. The normalized spacial score (nSPS) is 11.7. The van der Waals surface area contributed by atoms with Crippen LogP contribution in [0.1, 0.15) is 0 Å². The standard InChI is InChI=1S/C58H37NO/c1-3-14-38(15-4-1)40-26-28-42(29-27-40)56-46-19-8-7-18-43(46)36-53-57-54(24-13-25-55(57)60-58(53)56)59(44-32-30-41(31-33-44)39-16-5-2-6-17-39)45-34-35-51-49-22-10-9-20-47(49)48-21-11-12-23-50(48)52(51)37-45/h1-37H. The van der Waals surface area contributed by atoms with Crippen LogP contribution in [0.4, 0.5) is 17.1 Å². The molecule has 1 aromatic heterocycles. The van der Waals surface area contributed by atoms with Crippen molar-refractivity contribution in [2.45, 2.75) is 0 Å². The van der Waals surface area contributed by atoms with E-state index >= 15 is 0 Å². The first-order chi connectivity index (χ1) is 29.8. The van der Waals surface area contributed by atoms with Gasteiger partial charge in [0, 0.05) is 22.3 Å². The van der Waals surface area contributed by atoms with Gasteiger partial charge in [-0.25, -0.2) is 0 Å². The van der Waals surface area contributed by atoms with Gasteiger partial charge < -0.3 is 9.32 Å². The smallest absolute Gasteiger partial charge is 0.143 e. The van der Waals surface area contributed by atoms with Crippen LogP contribution in [0.15, 0.2) is 229 Å². The summed E-state index contributed by atoms with van der Waals surface area (Å²) < 4.78 is 7.05. The Bertz CT molecular complexity index is 3530. The van der Waals surface area contributed by atoms with Gasteiger partial charge in [-0.2, -0.15) is 0 Å². The van der Waals surface area contributed by atoms with Crippen LogP contribution in [0.25, 0.3) is 98.4 Å². The lowest BCUT2D eigenvalue weighted by atomic mass is 9.93. The molecule has 0 radical (unpaired) electrons. The van der Waals surface area contributed by atoms with E-state index in [-0.39, 0.29) is 0 Å². The molecule has 2 heteroatoms. The number of anilines is 3. The van der Waals surface area contributed by atoms with E-state index in [2.05, 4.69) is 229 Å². The minimum atomic E-state index is 0.850. The van der Waals surface area contributed by atoms with Gasteiger partial charge in [-0.05, 0) is 113 Å². The fourth-order valence-corrected chi connectivity index (χ4v) is 9.43. The highest BCUT2D eigenvalue weighted by Gasteiger charge is 2.23. The highest BCUT2D eigenvalue weighted by molar-refractivity contribution is 6.26. The number of hydrogen-bond donors (Lipinski definition) is 0. The number of hydrogen-bond acceptors (Lipinski definition) is 2. The Labute approximate surface area is 347 Å². The minimum Gasteiger partial charge on any atom is -0.455 e. The fraction of sp³-hybridized carbons (Fsp3) is 0. The molecular weight excluding hydrogens is 727 g/mol. The number of rotatable bonds is 6. The first kappa shape index (κ1) is 34.1. The molecule has 11 aromatic carbocycles. The molecule has 280 valence electrons. The summed E-state index contributed by atoms with van der Waals surface area (Å²) in [5, 5.41) is 12.0. The van der Waals surface area contributed by atoms with E-state index in [0.717, 1.165) is 50.1 Å². The number of fused-ring (bicyclic) bond motifs is 10. The number of nitrogens with zero attached hydrogens (tertiary/aromatic N) is 1. The van der Waals surface area contributed by atoms with Crippen LogP contribution < -0.4 is 4.90 Å². The SMILES string of the molecule is c1ccc(-c2ccc(-c3c4ccccc4cc4c3oc3cccc(N(c5ccc(-c6ccccc6)cc5)c5ccc6c7ccccc7c7ccccc7c6c5)c34)cc2)cc1. The van der Waals surface area contributed by atoms with Gasteiger partial charge in [0.2, 0.25) is 0 Å². The van der Waals surface area contributed by atoms with Crippen molar-refractivity contribution in [2.24, 2.45) is 0 Å². The third kappa shape index (κ3) is 5.50. The maximum absolute atomic E-state index is 7.05. The highest BCUT2D eigenvalue weighted by atomic mass is 16.3. The van der Waals surface area contributed by atoms with Crippen LogP contribution in [-0.2, 0) is 0 Å². The van der Waals surface area contributed by atoms with Gasteiger partial charge in [0.25, 0.3) is 0 Å². The van der Waals surface area contributed by atoms with Crippen molar-refractivity contribution in [3.05, 3.63) is 224 Å². The van der Waals surface area contributed by atoms with Crippen LogP contribution in [-0.4, -0.2) is 0 Å². The van der Waals surface area contributed by atoms with Crippen LogP contribution >= 0.6 is 0 Å². The van der Waals surface area contributed by atoms with E-state index in [1.165, 1.54) is 65.3 Å². The molecular formula is C58H37NO. The first-order valence-electron chi connectivity index (χ1n) is 20.6. The zero-order valence-corrected chi connectivity index (χ0v) is 32.7. The molecule has 12 rings (SSSR count). The van der Waals surface area contributed by atoms with Crippen LogP contribution in [0.2, 0.25) is 0 Å².